The van der Waals surface area contributed by atoms with Crippen molar-refractivity contribution in [2.75, 3.05) is 13.1 Å². The highest BCUT2D eigenvalue weighted by molar-refractivity contribution is 7.89. The lowest BCUT2D eigenvalue weighted by Crippen LogP contribution is -2.29. The van der Waals surface area contributed by atoms with Crippen LogP contribution in [0, 0.1) is 0 Å². The fourth-order valence-corrected chi connectivity index (χ4v) is 5.54. The molecule has 5 aromatic rings. The molecule has 1 saturated heterocycles. The van der Waals surface area contributed by atoms with Crippen LogP contribution in [0.4, 0.5) is 0 Å². The Morgan fingerprint density at radius 2 is 1.91 bits per heavy atom. The molecule has 1 unspecified atom stereocenters. The maximum Gasteiger partial charge on any atom is 0.264 e. The van der Waals surface area contributed by atoms with Crippen molar-refractivity contribution < 1.29 is 17.9 Å². The zero-order chi connectivity index (χ0) is 22.6. The highest BCUT2D eigenvalue weighted by atomic mass is 32.2. The largest absolute Gasteiger partial charge is 0.434 e. The number of β-amino-alcohol motifs (C(OH)–C–C–N with tert-alkyl or cyclic N) is 1. The van der Waals surface area contributed by atoms with E-state index in [1.165, 1.54) is 10.5 Å². The van der Waals surface area contributed by atoms with E-state index in [1.54, 1.807) is 12.3 Å². The molecule has 6 rings (SSSR count). The number of hydrogen-bond acceptors (Lipinski definition) is 7. The molecule has 0 amide bonds. The van der Waals surface area contributed by atoms with E-state index in [0.29, 0.717) is 41.3 Å². The first-order valence-electron chi connectivity index (χ1n) is 10.5. The van der Waals surface area contributed by atoms with Gasteiger partial charge in [-0.25, -0.2) is 18.4 Å². The Morgan fingerprint density at radius 1 is 1.03 bits per heavy atom. The molecule has 2 N–H and O–H groups in total. The van der Waals surface area contributed by atoms with Crippen LogP contribution in [0.1, 0.15) is 6.42 Å². The number of pyridine rings is 1. The molecule has 10 heteroatoms. The van der Waals surface area contributed by atoms with Gasteiger partial charge in [-0.2, -0.15) is 4.31 Å². The van der Waals surface area contributed by atoms with Crippen molar-refractivity contribution in [1.82, 2.24) is 24.2 Å². The second kappa shape index (κ2) is 7.48. The Morgan fingerprint density at radius 3 is 2.73 bits per heavy atom. The lowest BCUT2D eigenvalue weighted by molar-refractivity contribution is 0.189. The van der Waals surface area contributed by atoms with Crippen LogP contribution in [0.5, 0.6) is 0 Å². The number of fused-ring (bicyclic) bond motifs is 2. The Balaban J connectivity index is 1.36. The minimum atomic E-state index is -3.73. The van der Waals surface area contributed by atoms with Gasteiger partial charge in [0.2, 0.25) is 10.0 Å². The molecule has 2 aromatic carbocycles. The van der Waals surface area contributed by atoms with Crippen molar-refractivity contribution in [3.05, 3.63) is 60.9 Å². The maximum atomic E-state index is 12.9. The third kappa shape index (κ3) is 3.48. The number of aliphatic hydroxyl groups is 1. The van der Waals surface area contributed by atoms with E-state index in [1.807, 2.05) is 42.5 Å². The van der Waals surface area contributed by atoms with Crippen molar-refractivity contribution in [3.63, 3.8) is 0 Å². The van der Waals surface area contributed by atoms with Crippen molar-refractivity contribution in [3.8, 4) is 22.8 Å². The summed E-state index contributed by atoms with van der Waals surface area (Å²) in [4.78, 5) is 16.5. The van der Waals surface area contributed by atoms with Crippen LogP contribution in [0.3, 0.4) is 0 Å². The second-order valence-electron chi connectivity index (χ2n) is 8.02. The van der Waals surface area contributed by atoms with Gasteiger partial charge in [-0.05, 0) is 42.3 Å². The first kappa shape index (κ1) is 20.0. The summed E-state index contributed by atoms with van der Waals surface area (Å²) in [6.07, 6.45) is 2.74. The molecule has 0 radical (unpaired) electrons. The van der Waals surface area contributed by atoms with Crippen molar-refractivity contribution in [1.29, 1.82) is 0 Å². The summed E-state index contributed by atoms with van der Waals surface area (Å²) in [5, 5.41) is 9.72. The lowest BCUT2D eigenvalue weighted by atomic mass is 10.1. The van der Waals surface area contributed by atoms with Crippen LogP contribution in [-0.4, -0.2) is 57.0 Å². The van der Waals surface area contributed by atoms with Gasteiger partial charge in [-0.3, -0.25) is 4.98 Å². The predicted octanol–water partition coefficient (Wildman–Crippen LogP) is 3.19. The molecule has 0 aliphatic carbocycles. The van der Waals surface area contributed by atoms with Gasteiger partial charge in [0.05, 0.1) is 17.1 Å². The maximum absolute atomic E-state index is 12.9. The smallest absolute Gasteiger partial charge is 0.264 e. The number of rotatable bonds is 4. The van der Waals surface area contributed by atoms with Gasteiger partial charge in [0.15, 0.2) is 11.4 Å². The monoisotopic (exact) mass is 461 g/mol. The summed E-state index contributed by atoms with van der Waals surface area (Å²) >= 11 is 0. The number of hydrogen-bond donors (Lipinski definition) is 2. The number of aliphatic hydroxyl groups excluding tert-OH is 1. The van der Waals surface area contributed by atoms with Gasteiger partial charge < -0.3 is 14.5 Å². The first-order chi connectivity index (χ1) is 16.0. The molecule has 1 aliphatic heterocycles. The molecule has 0 saturated carbocycles. The normalized spacial score (nSPS) is 17.3. The van der Waals surface area contributed by atoms with Gasteiger partial charge in [-0.1, -0.05) is 18.2 Å². The second-order valence-corrected chi connectivity index (χ2v) is 9.96. The number of sulfonamides is 1. The van der Waals surface area contributed by atoms with E-state index in [4.69, 9.17) is 4.42 Å². The predicted molar refractivity (Wildman–Crippen MR) is 122 cm³/mol. The van der Waals surface area contributed by atoms with E-state index in [9.17, 15) is 13.5 Å². The van der Waals surface area contributed by atoms with Crippen LogP contribution in [0.25, 0.3) is 45.0 Å². The summed E-state index contributed by atoms with van der Waals surface area (Å²) in [5.41, 5.74) is 4.33. The SMILES string of the molecule is O=S(=O)(c1cncc(-c2ccc3nc(-c4nc5ccccc5[nH]4)oc3c2)c1)N1CCC(O)C1. The fourth-order valence-electron chi connectivity index (χ4n) is 4.06. The summed E-state index contributed by atoms with van der Waals surface area (Å²) < 4.78 is 33.1. The van der Waals surface area contributed by atoms with Crippen molar-refractivity contribution in [2.24, 2.45) is 0 Å². The van der Waals surface area contributed by atoms with Crippen LogP contribution in [-0.2, 0) is 10.0 Å². The zero-order valence-electron chi connectivity index (χ0n) is 17.3. The minimum Gasteiger partial charge on any atom is -0.434 e. The standard InChI is InChI=1S/C23H19N5O4S/c29-16-7-8-28(13-16)33(30,31)17-9-15(11-24-12-17)14-5-6-20-21(10-14)32-23(27-20)22-25-18-3-1-2-4-19(18)26-22/h1-6,9-12,16,29H,7-8,13H2,(H,25,26). The molecule has 166 valence electrons. The van der Waals surface area contributed by atoms with Gasteiger partial charge in [0, 0.05) is 31.0 Å². The van der Waals surface area contributed by atoms with Gasteiger partial charge >= 0.3 is 0 Å². The fraction of sp³-hybridized carbons (Fsp3) is 0.174. The molecule has 3 aromatic heterocycles. The Kier molecular flexibility index (Phi) is 4.54. The third-order valence-corrected chi connectivity index (χ3v) is 7.62. The number of H-pyrrole nitrogens is 1. The van der Waals surface area contributed by atoms with Crippen LogP contribution < -0.4 is 0 Å². The van der Waals surface area contributed by atoms with E-state index < -0.39 is 16.1 Å². The number of para-hydroxylation sites is 2. The van der Waals surface area contributed by atoms with E-state index in [2.05, 4.69) is 19.9 Å². The van der Waals surface area contributed by atoms with E-state index in [0.717, 1.165) is 16.6 Å². The first-order valence-corrected chi connectivity index (χ1v) is 11.9. The van der Waals surface area contributed by atoms with E-state index in [-0.39, 0.29) is 11.4 Å². The topological polar surface area (TPSA) is 125 Å². The number of oxazole rings is 1. The minimum absolute atomic E-state index is 0.0923. The van der Waals surface area contributed by atoms with Gasteiger partial charge in [0.1, 0.15) is 10.4 Å². The number of aromatic amines is 1. The highest BCUT2D eigenvalue weighted by Gasteiger charge is 2.32. The number of nitrogens with one attached hydrogen (secondary N) is 1. The summed E-state index contributed by atoms with van der Waals surface area (Å²) in [6.45, 7) is 0.392. The molecule has 1 fully saturated rings. The number of benzene rings is 2. The molecular formula is C23H19N5O4S. The summed E-state index contributed by atoms with van der Waals surface area (Å²) in [5.74, 6) is 0.914. The Hall–Kier alpha value is -3.60. The quantitative estimate of drug-likeness (QED) is 0.421. The number of nitrogens with zero attached hydrogens (tertiary/aromatic N) is 4. The summed E-state index contributed by atoms with van der Waals surface area (Å²) in [7, 11) is -3.73. The van der Waals surface area contributed by atoms with Crippen LogP contribution in [0.15, 0.2) is 70.2 Å². The Labute approximate surface area is 188 Å². The average molecular weight is 462 g/mol. The average Bonchev–Trinajstić information content (AvgIpc) is 3.56. The number of aromatic nitrogens is 4. The van der Waals surface area contributed by atoms with Crippen molar-refractivity contribution >= 4 is 32.2 Å². The molecule has 4 heterocycles. The lowest BCUT2D eigenvalue weighted by Gasteiger charge is -2.16. The number of imidazole rings is 1. The van der Waals surface area contributed by atoms with Gasteiger partial charge in [-0.15, -0.1) is 0 Å². The molecule has 0 bridgehead atoms. The molecule has 33 heavy (non-hydrogen) atoms. The molecule has 1 atom stereocenters. The molecule has 1 aliphatic rings. The third-order valence-electron chi connectivity index (χ3n) is 5.79. The Bertz CT molecular complexity index is 1570. The van der Waals surface area contributed by atoms with Gasteiger partial charge in [0.25, 0.3) is 5.89 Å². The molecule has 9 nitrogen and oxygen atoms in total. The van der Waals surface area contributed by atoms with E-state index >= 15 is 0 Å². The zero-order valence-corrected chi connectivity index (χ0v) is 18.2. The van der Waals surface area contributed by atoms with Crippen LogP contribution in [0.2, 0.25) is 0 Å². The summed E-state index contributed by atoms with van der Waals surface area (Å²) in [6, 6.07) is 14.7. The highest BCUT2D eigenvalue weighted by Crippen LogP contribution is 2.30. The van der Waals surface area contributed by atoms with Crippen LogP contribution >= 0.6 is 0 Å². The van der Waals surface area contributed by atoms with Crippen molar-refractivity contribution in [2.45, 2.75) is 17.4 Å². The molecule has 0 spiro atoms. The molecular weight excluding hydrogens is 442 g/mol.